The molecule has 0 aromatic heterocycles. The number of hydrogen-bond donors (Lipinski definition) is 1. The van der Waals surface area contributed by atoms with E-state index in [1.165, 1.54) is 12.0 Å². The SMILES string of the molecule is COc1ccc(C2(C)NC(=O)N(CC(=O)N(CC(C)C)C3CCS(=O)(=O)C3)C2=O)cc1. The number of sulfone groups is 1. The average Bonchev–Trinajstić information content (AvgIpc) is 3.17. The van der Waals surface area contributed by atoms with Crippen LogP contribution in [-0.2, 0) is 25.0 Å². The fourth-order valence-corrected chi connectivity index (χ4v) is 5.79. The maximum atomic E-state index is 13.1. The third kappa shape index (κ3) is 4.68. The summed E-state index contributed by atoms with van der Waals surface area (Å²) in [6.07, 6.45) is 0.366. The van der Waals surface area contributed by atoms with Gasteiger partial charge < -0.3 is 15.0 Å². The van der Waals surface area contributed by atoms with E-state index in [0.29, 0.717) is 24.3 Å². The molecule has 2 saturated heterocycles. The molecular formula is C21H29N3O6S. The Hall–Kier alpha value is -2.62. The van der Waals surface area contributed by atoms with Gasteiger partial charge in [0.25, 0.3) is 5.91 Å². The topological polar surface area (TPSA) is 113 Å². The van der Waals surface area contributed by atoms with Crippen molar-refractivity contribution in [1.82, 2.24) is 15.1 Å². The molecule has 0 radical (unpaired) electrons. The van der Waals surface area contributed by atoms with Gasteiger partial charge in [-0.15, -0.1) is 0 Å². The van der Waals surface area contributed by atoms with Gasteiger partial charge in [-0.05, 0) is 37.0 Å². The maximum Gasteiger partial charge on any atom is 0.325 e. The number of methoxy groups -OCH3 is 1. The Morgan fingerprint density at radius 1 is 1.29 bits per heavy atom. The largest absolute Gasteiger partial charge is 0.497 e. The van der Waals surface area contributed by atoms with E-state index in [1.54, 1.807) is 31.2 Å². The standard InChI is InChI=1S/C21H29N3O6S/c1-14(2)11-23(16-9-10-31(28,29)13-16)18(25)12-24-19(26)21(3,22-20(24)27)15-5-7-17(30-4)8-6-15/h5-8,14,16H,9-13H2,1-4H3,(H,22,27). The van der Waals surface area contributed by atoms with E-state index in [4.69, 9.17) is 4.74 Å². The fraction of sp³-hybridized carbons (Fsp3) is 0.571. The van der Waals surface area contributed by atoms with Crippen LogP contribution in [0.25, 0.3) is 0 Å². The van der Waals surface area contributed by atoms with E-state index >= 15 is 0 Å². The minimum absolute atomic E-state index is 0.0399. The van der Waals surface area contributed by atoms with Gasteiger partial charge in [0.15, 0.2) is 9.84 Å². The summed E-state index contributed by atoms with van der Waals surface area (Å²) >= 11 is 0. The Morgan fingerprint density at radius 2 is 1.94 bits per heavy atom. The predicted octanol–water partition coefficient (Wildman–Crippen LogP) is 1.13. The number of nitrogens with zero attached hydrogens (tertiary/aromatic N) is 2. The first-order valence-electron chi connectivity index (χ1n) is 10.3. The third-order valence-corrected chi connectivity index (χ3v) is 7.52. The predicted molar refractivity (Wildman–Crippen MR) is 114 cm³/mol. The van der Waals surface area contributed by atoms with Crippen molar-refractivity contribution in [3.05, 3.63) is 29.8 Å². The monoisotopic (exact) mass is 451 g/mol. The first-order valence-corrected chi connectivity index (χ1v) is 12.1. The molecule has 9 nitrogen and oxygen atoms in total. The highest BCUT2D eigenvalue weighted by Gasteiger charge is 2.50. The van der Waals surface area contributed by atoms with Crippen molar-refractivity contribution in [1.29, 1.82) is 0 Å². The Labute approximate surface area is 182 Å². The highest BCUT2D eigenvalue weighted by Crippen LogP contribution is 2.30. The third-order valence-electron chi connectivity index (χ3n) is 5.77. The smallest absolute Gasteiger partial charge is 0.325 e. The van der Waals surface area contributed by atoms with Crippen LogP contribution in [0.4, 0.5) is 4.79 Å². The van der Waals surface area contributed by atoms with Crippen LogP contribution in [0.2, 0.25) is 0 Å². The molecule has 0 saturated carbocycles. The molecule has 4 amide bonds. The van der Waals surface area contributed by atoms with Crippen molar-refractivity contribution in [3.63, 3.8) is 0 Å². The van der Waals surface area contributed by atoms with Crippen LogP contribution in [0, 0.1) is 5.92 Å². The van der Waals surface area contributed by atoms with Crippen LogP contribution in [0.5, 0.6) is 5.75 Å². The molecule has 1 N–H and O–H groups in total. The fourth-order valence-electron chi connectivity index (χ4n) is 4.06. The summed E-state index contributed by atoms with van der Waals surface area (Å²) in [5.41, 5.74) is -0.731. The molecule has 31 heavy (non-hydrogen) atoms. The quantitative estimate of drug-likeness (QED) is 0.622. The van der Waals surface area contributed by atoms with Crippen molar-refractivity contribution >= 4 is 27.7 Å². The number of ether oxygens (including phenoxy) is 1. The van der Waals surface area contributed by atoms with E-state index in [0.717, 1.165) is 4.90 Å². The summed E-state index contributed by atoms with van der Waals surface area (Å²) in [6.45, 7) is 5.38. The number of urea groups is 1. The Kier molecular flexibility index (Phi) is 6.31. The lowest BCUT2D eigenvalue weighted by molar-refractivity contribution is -0.140. The molecule has 0 aliphatic carbocycles. The molecular weight excluding hydrogens is 422 g/mol. The highest BCUT2D eigenvalue weighted by atomic mass is 32.2. The molecule has 10 heteroatoms. The molecule has 0 bridgehead atoms. The lowest BCUT2D eigenvalue weighted by atomic mass is 9.92. The normalized spacial score (nSPS) is 25.1. The van der Waals surface area contributed by atoms with Gasteiger partial charge in [0, 0.05) is 12.6 Å². The number of rotatable bonds is 7. The van der Waals surface area contributed by atoms with E-state index in [9.17, 15) is 22.8 Å². The second-order valence-corrected chi connectivity index (χ2v) is 10.9. The maximum absolute atomic E-state index is 13.1. The van der Waals surface area contributed by atoms with E-state index in [1.807, 2.05) is 13.8 Å². The molecule has 0 spiro atoms. The molecule has 2 atom stereocenters. The van der Waals surface area contributed by atoms with Crippen molar-refractivity contribution in [2.75, 3.05) is 31.7 Å². The molecule has 1 aromatic carbocycles. The zero-order chi connectivity index (χ0) is 23.0. The number of benzene rings is 1. The van der Waals surface area contributed by atoms with E-state index < -0.39 is 45.8 Å². The van der Waals surface area contributed by atoms with Gasteiger partial charge in [0.2, 0.25) is 5.91 Å². The summed E-state index contributed by atoms with van der Waals surface area (Å²) in [4.78, 5) is 41.3. The zero-order valence-corrected chi connectivity index (χ0v) is 19.1. The zero-order valence-electron chi connectivity index (χ0n) is 18.3. The van der Waals surface area contributed by atoms with Crippen LogP contribution in [0.1, 0.15) is 32.8 Å². The molecule has 1 aromatic rings. The summed E-state index contributed by atoms with van der Waals surface area (Å²) in [5.74, 6) is -0.280. The number of carbonyl (C=O) groups is 3. The van der Waals surface area contributed by atoms with Gasteiger partial charge in [-0.25, -0.2) is 13.2 Å². The molecule has 2 aliphatic rings. The molecule has 2 aliphatic heterocycles. The van der Waals surface area contributed by atoms with Crippen LogP contribution in [0.3, 0.4) is 0 Å². The first-order chi connectivity index (χ1) is 14.5. The first kappa shape index (κ1) is 23.1. The van der Waals surface area contributed by atoms with Crippen molar-refractivity contribution < 1.29 is 27.5 Å². The van der Waals surface area contributed by atoms with Crippen LogP contribution >= 0.6 is 0 Å². The molecule has 3 rings (SSSR count). The van der Waals surface area contributed by atoms with E-state index in [-0.39, 0.29) is 17.4 Å². The van der Waals surface area contributed by atoms with Crippen molar-refractivity contribution in [2.45, 2.75) is 38.8 Å². The van der Waals surface area contributed by atoms with Gasteiger partial charge in [0.1, 0.15) is 17.8 Å². The molecule has 2 fully saturated rings. The Bertz CT molecular complexity index is 975. The lowest BCUT2D eigenvalue weighted by Crippen LogP contribution is -2.49. The number of amides is 4. The number of hydrogen-bond acceptors (Lipinski definition) is 6. The van der Waals surface area contributed by atoms with Crippen molar-refractivity contribution in [2.24, 2.45) is 5.92 Å². The second kappa shape index (κ2) is 8.49. The summed E-state index contributed by atoms with van der Waals surface area (Å²) in [7, 11) is -1.65. The summed E-state index contributed by atoms with van der Waals surface area (Å²) in [6, 6.07) is 5.68. The number of imide groups is 1. The van der Waals surface area contributed by atoms with Gasteiger partial charge in [-0.3, -0.25) is 14.5 Å². The van der Waals surface area contributed by atoms with Gasteiger partial charge >= 0.3 is 6.03 Å². The van der Waals surface area contributed by atoms with E-state index in [2.05, 4.69) is 5.32 Å². The highest BCUT2D eigenvalue weighted by molar-refractivity contribution is 7.91. The Morgan fingerprint density at radius 3 is 2.45 bits per heavy atom. The lowest BCUT2D eigenvalue weighted by Gasteiger charge is -2.31. The second-order valence-electron chi connectivity index (χ2n) is 8.67. The molecule has 170 valence electrons. The minimum atomic E-state index is -3.18. The van der Waals surface area contributed by atoms with Gasteiger partial charge in [-0.1, -0.05) is 26.0 Å². The van der Waals surface area contributed by atoms with Crippen molar-refractivity contribution in [3.8, 4) is 5.75 Å². The van der Waals surface area contributed by atoms with Gasteiger partial charge in [0.05, 0.1) is 18.6 Å². The number of nitrogens with one attached hydrogen (secondary N) is 1. The number of carbonyl (C=O) groups excluding carboxylic acids is 3. The Balaban J connectivity index is 1.79. The average molecular weight is 452 g/mol. The van der Waals surface area contributed by atoms with Crippen LogP contribution < -0.4 is 10.1 Å². The molecule has 2 unspecified atom stereocenters. The van der Waals surface area contributed by atoms with Crippen LogP contribution in [0.15, 0.2) is 24.3 Å². The van der Waals surface area contributed by atoms with Gasteiger partial charge in [-0.2, -0.15) is 0 Å². The minimum Gasteiger partial charge on any atom is -0.497 e. The summed E-state index contributed by atoms with van der Waals surface area (Å²) in [5, 5.41) is 2.68. The van der Waals surface area contributed by atoms with Crippen LogP contribution in [-0.4, -0.2) is 73.8 Å². The molecule has 2 heterocycles. The summed E-state index contributed by atoms with van der Waals surface area (Å²) < 4.78 is 29.0.